The van der Waals surface area contributed by atoms with Gasteiger partial charge in [-0.05, 0) is 92.3 Å². The predicted octanol–water partition coefficient (Wildman–Crippen LogP) is 8.32. The number of hydrogen-bond donors (Lipinski definition) is 1. The molecule has 60 heavy (non-hydrogen) atoms. The van der Waals surface area contributed by atoms with Gasteiger partial charge in [-0.1, -0.05) is 102 Å². The van der Waals surface area contributed by atoms with E-state index in [0.29, 0.717) is 10.9 Å². The Kier molecular flexibility index (Phi) is 13.3. The highest BCUT2D eigenvalue weighted by atomic mass is 32.2. The number of rotatable bonds is 7. The first kappa shape index (κ1) is 41.8. The van der Waals surface area contributed by atoms with E-state index in [1.165, 1.54) is 56.8 Å². The molecule has 0 radical (unpaired) electrons. The van der Waals surface area contributed by atoms with Crippen LogP contribution >= 0.6 is 23.5 Å². The number of aromatic nitrogens is 4. The van der Waals surface area contributed by atoms with Gasteiger partial charge >= 0.3 is 0 Å². The molecule has 15 heteroatoms. The van der Waals surface area contributed by atoms with Crippen LogP contribution in [-0.4, -0.2) is 64.3 Å². The zero-order valence-electron chi connectivity index (χ0n) is 32.7. The van der Waals surface area contributed by atoms with Crippen LogP contribution in [0.15, 0.2) is 137 Å². The van der Waals surface area contributed by atoms with Gasteiger partial charge in [0.2, 0.25) is 11.8 Å². The van der Waals surface area contributed by atoms with Gasteiger partial charge in [0, 0.05) is 24.5 Å². The van der Waals surface area contributed by atoms with Crippen molar-refractivity contribution < 1.29 is 18.0 Å². The number of nitriles is 2. The van der Waals surface area contributed by atoms with Crippen molar-refractivity contribution in [2.75, 3.05) is 34.4 Å². The van der Waals surface area contributed by atoms with Gasteiger partial charge in [0.15, 0.2) is 21.9 Å². The van der Waals surface area contributed by atoms with Crippen LogP contribution in [0.1, 0.15) is 29.5 Å². The predicted molar refractivity (Wildman–Crippen MR) is 236 cm³/mol. The van der Waals surface area contributed by atoms with Crippen LogP contribution in [0.5, 0.6) is 0 Å². The molecule has 0 saturated carbocycles. The van der Waals surface area contributed by atoms with E-state index in [1.807, 2.05) is 102 Å². The third kappa shape index (κ3) is 9.72. The molecule has 12 nitrogen and oxygen atoms in total. The smallest absolute Gasteiger partial charge is 0.269 e. The Morgan fingerprint density at radius 1 is 0.700 bits per heavy atom. The van der Waals surface area contributed by atoms with Crippen LogP contribution in [0.2, 0.25) is 0 Å². The Balaban J connectivity index is 0.000000145. The molecular formula is C45H40N8O4S3. The first-order valence-corrected chi connectivity index (χ1v) is 22.7. The number of imidazole rings is 2. The van der Waals surface area contributed by atoms with Crippen molar-refractivity contribution in [1.82, 2.24) is 19.5 Å². The second-order valence-electron chi connectivity index (χ2n) is 13.9. The number of nitrogens with zero attached hydrogens (tertiary/aromatic N) is 7. The molecule has 0 fully saturated rings. The van der Waals surface area contributed by atoms with Crippen molar-refractivity contribution in [1.29, 1.82) is 10.5 Å². The van der Waals surface area contributed by atoms with Crippen LogP contribution < -0.4 is 9.80 Å². The summed E-state index contributed by atoms with van der Waals surface area (Å²) in [4.78, 5) is 41.4. The normalized spacial score (nSPS) is 13.1. The van der Waals surface area contributed by atoms with Crippen molar-refractivity contribution in [3.8, 4) is 11.6 Å². The fourth-order valence-electron chi connectivity index (χ4n) is 6.96. The summed E-state index contributed by atoms with van der Waals surface area (Å²) in [6.45, 7) is 3.39. The van der Waals surface area contributed by atoms with Gasteiger partial charge in [0.25, 0.3) is 9.84 Å². The number of sulfone groups is 1. The number of fused-ring (bicyclic) bond motifs is 4. The number of thiocyanates is 1. The quantitative estimate of drug-likeness (QED) is 0.0935. The number of anilines is 2. The zero-order chi connectivity index (χ0) is 42.1. The summed E-state index contributed by atoms with van der Waals surface area (Å²) in [5, 5.41) is 20.3. The van der Waals surface area contributed by atoms with Crippen molar-refractivity contribution in [3.63, 3.8) is 0 Å². The number of hydrogen-bond acceptors (Lipinski definition) is 10. The highest BCUT2D eigenvalue weighted by molar-refractivity contribution is 8.00. The molecule has 5 aromatic carbocycles. The number of H-pyrrole nitrogens is 1. The SMILES string of the molecule is Cc1ccc(S(=O)(=O)C#N)cc1.N#Cn1c(SCC(=O)N2CCCc3ccccc32)nc2ccccc21.O=C(CSc1nc2ccccc2[nH]1)N1CCCc2ccccc21. The van der Waals surface area contributed by atoms with E-state index in [1.54, 1.807) is 12.1 Å². The van der Waals surface area contributed by atoms with Crippen LogP contribution in [0.25, 0.3) is 22.1 Å². The minimum Gasteiger partial charge on any atom is -0.333 e. The molecule has 0 spiro atoms. The van der Waals surface area contributed by atoms with Gasteiger partial charge in [-0.3, -0.25) is 9.59 Å². The lowest BCUT2D eigenvalue weighted by atomic mass is 10.0. The lowest BCUT2D eigenvalue weighted by molar-refractivity contribution is -0.117. The molecule has 9 rings (SSSR count). The standard InChI is InChI=1S/C19H16N4OS.C18H17N3OS.C8H7NO2S/c20-13-23-17-10-4-2-8-15(17)21-19(23)25-12-18(24)22-11-5-7-14-6-1-3-9-16(14)22;22-17(21-11-5-7-13-6-1-4-10-16(13)21)12-23-18-19-14-8-2-3-9-15(14)20-18;1-7-2-4-8(5-3-7)12(10,11)6-9/h1-4,6,8-10H,5,7,11-12H2;1-4,6,8-10H,5,7,11-12H2,(H,19,20);2-5H,1H3. The summed E-state index contributed by atoms with van der Waals surface area (Å²) >= 11 is 2.78. The lowest BCUT2D eigenvalue weighted by Gasteiger charge is -2.29. The highest BCUT2D eigenvalue weighted by Gasteiger charge is 2.24. The van der Waals surface area contributed by atoms with Crippen molar-refractivity contribution in [2.24, 2.45) is 0 Å². The maximum absolute atomic E-state index is 12.7. The molecule has 2 aliphatic heterocycles. The van der Waals surface area contributed by atoms with Crippen molar-refractivity contribution in [3.05, 3.63) is 138 Å². The van der Waals surface area contributed by atoms with Gasteiger partial charge < -0.3 is 14.8 Å². The third-order valence-electron chi connectivity index (χ3n) is 9.93. The molecule has 7 aromatic rings. The first-order valence-electron chi connectivity index (χ1n) is 19.2. The maximum Gasteiger partial charge on any atom is 0.269 e. The fourth-order valence-corrected chi connectivity index (χ4v) is 9.16. The number of aromatic amines is 1. The lowest BCUT2D eigenvalue weighted by Crippen LogP contribution is -2.36. The van der Waals surface area contributed by atoms with Crippen LogP contribution in [0.3, 0.4) is 0 Å². The summed E-state index contributed by atoms with van der Waals surface area (Å²) < 4.78 is 23.4. The number of amides is 2. The summed E-state index contributed by atoms with van der Waals surface area (Å²) in [7, 11) is -3.71. The molecule has 0 bridgehead atoms. The van der Waals surface area contributed by atoms with E-state index >= 15 is 0 Å². The van der Waals surface area contributed by atoms with Crippen LogP contribution in [-0.2, 0) is 32.3 Å². The zero-order valence-corrected chi connectivity index (χ0v) is 35.1. The van der Waals surface area contributed by atoms with E-state index in [-0.39, 0.29) is 22.5 Å². The average molecular weight is 853 g/mol. The third-order valence-corrected chi connectivity index (χ3v) is 12.8. The molecule has 2 aliphatic rings. The summed E-state index contributed by atoms with van der Waals surface area (Å²) in [5.74, 6) is 0.851. The van der Waals surface area contributed by atoms with Crippen molar-refractivity contribution in [2.45, 2.75) is 47.8 Å². The number of aryl methyl sites for hydroxylation is 3. The molecular weight excluding hydrogens is 813 g/mol. The number of thioether (sulfide) groups is 2. The van der Waals surface area contributed by atoms with E-state index in [0.717, 1.165) is 82.9 Å². The largest absolute Gasteiger partial charge is 0.333 e. The number of carbonyl (C=O) groups excluding carboxylic acids is 2. The Morgan fingerprint density at radius 3 is 1.85 bits per heavy atom. The van der Waals surface area contributed by atoms with E-state index in [9.17, 15) is 23.3 Å². The summed E-state index contributed by atoms with van der Waals surface area (Å²) in [6.07, 6.45) is 6.21. The van der Waals surface area contributed by atoms with Gasteiger partial charge in [-0.15, -0.1) is 0 Å². The molecule has 302 valence electrons. The second-order valence-corrected chi connectivity index (χ2v) is 17.5. The van der Waals surface area contributed by atoms with E-state index in [4.69, 9.17) is 5.26 Å². The molecule has 0 unspecified atom stereocenters. The van der Waals surface area contributed by atoms with Crippen LogP contribution in [0.4, 0.5) is 11.4 Å². The van der Waals surface area contributed by atoms with Gasteiger partial charge in [0.1, 0.15) is 0 Å². The monoisotopic (exact) mass is 852 g/mol. The Morgan fingerprint density at radius 2 is 1.25 bits per heavy atom. The average Bonchev–Trinajstić information content (AvgIpc) is 3.88. The molecule has 2 amide bonds. The Labute approximate surface area is 356 Å². The summed E-state index contributed by atoms with van der Waals surface area (Å²) in [6, 6.07) is 37.8. The molecule has 1 N–H and O–H groups in total. The molecule has 0 saturated heterocycles. The maximum atomic E-state index is 12.7. The molecule has 2 aromatic heterocycles. The first-order chi connectivity index (χ1) is 29.1. The second kappa shape index (κ2) is 19.1. The minimum absolute atomic E-state index is 0.0497. The van der Waals surface area contributed by atoms with Gasteiger partial charge in [0.05, 0.1) is 38.5 Å². The molecule has 0 aliphatic carbocycles. The van der Waals surface area contributed by atoms with Gasteiger partial charge in [-0.2, -0.15) is 10.5 Å². The van der Waals surface area contributed by atoms with Crippen molar-refractivity contribution >= 4 is 78.6 Å². The number of benzene rings is 5. The van der Waals surface area contributed by atoms with E-state index < -0.39 is 9.84 Å². The topological polar surface area (TPSA) is 169 Å². The summed E-state index contributed by atoms with van der Waals surface area (Å²) in [5.41, 5.74) is 8.99. The molecule has 0 atom stereocenters. The number of carbonyl (C=O) groups is 2. The van der Waals surface area contributed by atoms with E-state index in [2.05, 4.69) is 33.3 Å². The number of para-hydroxylation sites is 6. The Bertz CT molecular complexity index is 2830. The van der Waals surface area contributed by atoms with Crippen LogP contribution in [0, 0.1) is 29.0 Å². The minimum atomic E-state index is -3.71. The molecule has 4 heterocycles. The fraction of sp³-hybridized carbons (Fsp3) is 0.200. The highest BCUT2D eigenvalue weighted by Crippen LogP contribution is 2.30. The Hall–Kier alpha value is -6.39. The van der Waals surface area contributed by atoms with Gasteiger partial charge in [-0.25, -0.2) is 23.0 Å². The number of nitrogens with one attached hydrogen (secondary N) is 1.